The standard InChI is InChI=1S/C85H148O17P2/c1-5-9-13-17-21-25-29-33-37-39-43-45-49-53-57-61-65-69-82(87)95-75-80(101-84(89)71-67-63-59-55-51-47-41-35-31-27-23-19-15-11-7-3)77-99-103(91,92)97-73-79(86)74-98-104(93,94)100-78-81(102-85(90)72-68-64-60-56-52-48-42-36-32-28-24-20-16-12-8-4)76-96-83(88)70-66-62-58-54-50-46-44-40-38-34-30-26-22-18-14-10-6-2/h21-22,25-26,33-35,37-38,41,43-46,53-54,57-58,79-81,86H,5-20,23-24,27-32,36,39-40,42,47-52,55-56,59-78H2,1-4H3,(H,91,92)(H,93,94)/b25-21-,26-22-,37-33-,38-34-,41-35-,45-43-,46-44-,57-53-,58-54-/t79-,80+,81+/m0/s1. The van der Waals surface area contributed by atoms with E-state index in [0.29, 0.717) is 38.5 Å². The molecule has 0 saturated heterocycles. The first-order valence-corrected chi connectivity index (χ1v) is 44.1. The van der Waals surface area contributed by atoms with Crippen LogP contribution < -0.4 is 0 Å². The van der Waals surface area contributed by atoms with Crippen LogP contribution in [0.3, 0.4) is 0 Å². The Bertz CT molecular complexity index is 2390. The number of carbonyl (C=O) groups is 4. The number of phosphoric acid groups is 2. The third-order valence-corrected chi connectivity index (χ3v) is 19.1. The number of hydrogen-bond acceptors (Lipinski definition) is 15. The monoisotopic (exact) mass is 1500 g/mol. The summed E-state index contributed by atoms with van der Waals surface area (Å²) in [5.74, 6) is -2.30. The van der Waals surface area contributed by atoms with Gasteiger partial charge in [-0.05, 0) is 128 Å². The highest BCUT2D eigenvalue weighted by atomic mass is 31.2. The van der Waals surface area contributed by atoms with E-state index in [9.17, 15) is 43.2 Å². The number of rotatable bonds is 77. The molecular formula is C85H148O17P2. The average Bonchev–Trinajstić information content (AvgIpc) is 0.937. The van der Waals surface area contributed by atoms with Gasteiger partial charge in [-0.2, -0.15) is 0 Å². The van der Waals surface area contributed by atoms with E-state index in [2.05, 4.69) is 113 Å². The number of ether oxygens (including phenoxy) is 4. The number of aliphatic hydroxyl groups is 1. The van der Waals surface area contributed by atoms with Crippen LogP contribution in [0, 0.1) is 0 Å². The van der Waals surface area contributed by atoms with Gasteiger partial charge in [-0.3, -0.25) is 37.3 Å². The fourth-order valence-electron chi connectivity index (χ4n) is 10.9. The van der Waals surface area contributed by atoms with Gasteiger partial charge in [-0.15, -0.1) is 0 Å². The maximum atomic E-state index is 13.1. The summed E-state index contributed by atoms with van der Waals surface area (Å²) in [6.45, 7) is 4.73. The molecule has 0 amide bonds. The van der Waals surface area contributed by atoms with E-state index in [1.807, 2.05) is 24.3 Å². The van der Waals surface area contributed by atoms with Crippen molar-refractivity contribution < 1.29 is 80.2 Å². The van der Waals surface area contributed by atoms with Gasteiger partial charge < -0.3 is 33.8 Å². The van der Waals surface area contributed by atoms with Crippen LogP contribution >= 0.6 is 15.6 Å². The van der Waals surface area contributed by atoms with Gasteiger partial charge in [-0.25, -0.2) is 9.13 Å². The molecule has 3 N–H and O–H groups in total. The van der Waals surface area contributed by atoms with Crippen LogP contribution in [0.5, 0.6) is 0 Å². The van der Waals surface area contributed by atoms with Crippen LogP contribution in [0.15, 0.2) is 109 Å². The second-order valence-electron chi connectivity index (χ2n) is 27.4. The Kier molecular flexibility index (Phi) is 73.7. The first-order chi connectivity index (χ1) is 50.7. The SMILES string of the molecule is CCCCC/C=C\C/C=C\C/C=C\C/C=C\CCCC(=O)OC[C@H](COP(=O)(O)OC[C@H](O)COP(=O)(O)OC[C@@H](COC(=O)CCC/C=C\C/C=C\C/C=C\C/C=C\CCCCC)OC(=O)CCCCCCCCCCCCCCCCC)OC(=O)CCCCCCC/C=C\CCCCCCCC. The van der Waals surface area contributed by atoms with Gasteiger partial charge in [0.1, 0.15) is 19.3 Å². The lowest BCUT2D eigenvalue weighted by Gasteiger charge is -2.21. The first kappa shape index (κ1) is 99.7. The molecule has 0 aliphatic rings. The molecule has 2 unspecified atom stereocenters. The molecule has 0 heterocycles. The number of unbranched alkanes of at least 4 members (excludes halogenated alkanes) is 33. The Hall–Kier alpha value is -4.28. The van der Waals surface area contributed by atoms with Crippen molar-refractivity contribution in [2.24, 2.45) is 0 Å². The Labute approximate surface area is 632 Å². The number of phosphoric ester groups is 2. The molecule has 0 rings (SSSR count). The Morgan fingerprint density at radius 2 is 0.481 bits per heavy atom. The first-order valence-electron chi connectivity index (χ1n) is 41.1. The van der Waals surface area contributed by atoms with Crippen molar-refractivity contribution in [2.75, 3.05) is 39.6 Å². The lowest BCUT2D eigenvalue weighted by atomic mass is 10.0. The molecule has 0 spiro atoms. The van der Waals surface area contributed by atoms with E-state index in [4.69, 9.17) is 37.0 Å². The predicted molar refractivity (Wildman–Crippen MR) is 427 cm³/mol. The van der Waals surface area contributed by atoms with E-state index in [1.54, 1.807) is 0 Å². The van der Waals surface area contributed by atoms with E-state index in [0.717, 1.165) is 116 Å². The minimum atomic E-state index is -4.99. The predicted octanol–water partition coefficient (Wildman–Crippen LogP) is 24.1. The molecule has 19 heteroatoms. The Morgan fingerprint density at radius 3 is 0.779 bits per heavy atom. The molecule has 104 heavy (non-hydrogen) atoms. The van der Waals surface area contributed by atoms with Crippen LogP contribution in [0.25, 0.3) is 0 Å². The quantitative estimate of drug-likeness (QED) is 0.0169. The van der Waals surface area contributed by atoms with E-state index in [1.165, 1.54) is 141 Å². The van der Waals surface area contributed by atoms with Gasteiger partial charge in [0.25, 0.3) is 0 Å². The minimum Gasteiger partial charge on any atom is -0.462 e. The van der Waals surface area contributed by atoms with Gasteiger partial charge in [0.2, 0.25) is 0 Å². The molecule has 0 aromatic rings. The number of aliphatic hydroxyl groups excluding tert-OH is 1. The van der Waals surface area contributed by atoms with Crippen molar-refractivity contribution in [1.29, 1.82) is 0 Å². The van der Waals surface area contributed by atoms with Crippen LogP contribution in [0.2, 0.25) is 0 Å². The topological polar surface area (TPSA) is 237 Å². The molecule has 0 bridgehead atoms. The highest BCUT2D eigenvalue weighted by Crippen LogP contribution is 2.45. The summed E-state index contributed by atoms with van der Waals surface area (Å²) in [4.78, 5) is 73.0. The zero-order valence-electron chi connectivity index (χ0n) is 65.7. The average molecular weight is 1500 g/mol. The number of hydrogen-bond donors (Lipinski definition) is 3. The lowest BCUT2D eigenvalue weighted by molar-refractivity contribution is -0.161. The zero-order chi connectivity index (χ0) is 76.0. The van der Waals surface area contributed by atoms with Crippen LogP contribution in [-0.4, -0.2) is 96.7 Å². The second-order valence-corrected chi connectivity index (χ2v) is 30.3. The third-order valence-electron chi connectivity index (χ3n) is 17.2. The number of allylic oxidation sites excluding steroid dienone is 18. The molecule has 0 aliphatic carbocycles. The van der Waals surface area contributed by atoms with E-state index < -0.39 is 97.5 Å². The van der Waals surface area contributed by atoms with Gasteiger partial charge in [0, 0.05) is 25.7 Å². The summed E-state index contributed by atoms with van der Waals surface area (Å²) in [7, 11) is -9.99. The molecule has 0 fully saturated rings. The summed E-state index contributed by atoms with van der Waals surface area (Å²) in [5, 5.41) is 10.6. The molecule has 0 aromatic carbocycles. The van der Waals surface area contributed by atoms with Crippen molar-refractivity contribution in [3.63, 3.8) is 0 Å². The largest absolute Gasteiger partial charge is 0.472 e. The van der Waals surface area contributed by atoms with E-state index >= 15 is 0 Å². The molecule has 5 atom stereocenters. The maximum absolute atomic E-state index is 13.1. The minimum absolute atomic E-state index is 0.0721. The molecular weight excluding hydrogens is 1350 g/mol. The second kappa shape index (κ2) is 76.9. The van der Waals surface area contributed by atoms with Crippen LogP contribution in [0.1, 0.15) is 349 Å². The third kappa shape index (κ3) is 75.9. The highest BCUT2D eigenvalue weighted by molar-refractivity contribution is 7.47. The number of esters is 4. The lowest BCUT2D eigenvalue weighted by Crippen LogP contribution is -2.30. The number of carbonyl (C=O) groups excluding carboxylic acids is 4. The highest BCUT2D eigenvalue weighted by Gasteiger charge is 2.30. The fraction of sp³-hybridized carbons (Fsp3) is 0.741. The summed E-state index contributed by atoms with van der Waals surface area (Å²) in [6.07, 6.45) is 83.6. The smallest absolute Gasteiger partial charge is 0.462 e. The molecule has 0 radical (unpaired) electrons. The fourth-order valence-corrected chi connectivity index (χ4v) is 12.5. The van der Waals surface area contributed by atoms with Gasteiger partial charge in [0.05, 0.1) is 26.4 Å². The zero-order valence-corrected chi connectivity index (χ0v) is 67.5. The molecule has 0 aliphatic heterocycles. The molecule has 0 aromatic heterocycles. The van der Waals surface area contributed by atoms with Crippen LogP contribution in [0.4, 0.5) is 0 Å². The van der Waals surface area contributed by atoms with Gasteiger partial charge in [-0.1, -0.05) is 304 Å². The summed E-state index contributed by atoms with van der Waals surface area (Å²) < 4.78 is 68.6. The van der Waals surface area contributed by atoms with E-state index in [-0.39, 0.29) is 25.7 Å². The Balaban J connectivity index is 5.45. The Morgan fingerprint density at radius 1 is 0.269 bits per heavy atom. The molecule has 600 valence electrons. The van der Waals surface area contributed by atoms with Crippen molar-refractivity contribution in [3.05, 3.63) is 109 Å². The maximum Gasteiger partial charge on any atom is 0.472 e. The summed E-state index contributed by atoms with van der Waals surface area (Å²) in [5.41, 5.74) is 0. The normalized spacial score (nSPS) is 14.4. The molecule has 17 nitrogen and oxygen atoms in total. The van der Waals surface area contributed by atoms with Gasteiger partial charge >= 0.3 is 39.5 Å². The summed E-state index contributed by atoms with van der Waals surface area (Å²) in [6, 6.07) is 0. The van der Waals surface area contributed by atoms with Crippen molar-refractivity contribution in [1.82, 2.24) is 0 Å². The summed E-state index contributed by atoms with van der Waals surface area (Å²) >= 11 is 0. The van der Waals surface area contributed by atoms with Crippen molar-refractivity contribution in [2.45, 2.75) is 367 Å². The van der Waals surface area contributed by atoms with Gasteiger partial charge in [0.15, 0.2) is 12.2 Å². The molecule has 0 saturated carbocycles. The van der Waals surface area contributed by atoms with Crippen molar-refractivity contribution in [3.8, 4) is 0 Å². The van der Waals surface area contributed by atoms with Crippen molar-refractivity contribution >= 4 is 39.5 Å². The van der Waals surface area contributed by atoms with Crippen LogP contribution in [-0.2, 0) is 65.4 Å².